The van der Waals surface area contributed by atoms with E-state index in [0.717, 1.165) is 22.3 Å². The van der Waals surface area contributed by atoms with Crippen molar-refractivity contribution in [1.82, 2.24) is 31.2 Å². The molecule has 2 fully saturated rings. The highest BCUT2D eigenvalue weighted by Gasteiger charge is 2.64. The zero-order valence-corrected chi connectivity index (χ0v) is 39.2. The normalized spacial score (nSPS) is 20.5. The number of pyridine rings is 1. The Bertz CT molecular complexity index is 2430. The average Bonchev–Trinajstić information content (AvgIpc) is 3.69. The molecule has 348 valence electrons. The van der Waals surface area contributed by atoms with Crippen LogP contribution in [0, 0.1) is 38.9 Å². The Balaban J connectivity index is 0.935. The molecule has 1 aromatic heterocycles. The van der Waals surface area contributed by atoms with Gasteiger partial charge in [-0.05, 0) is 58.5 Å². The van der Waals surface area contributed by atoms with Crippen molar-refractivity contribution < 1.29 is 29.3 Å². The van der Waals surface area contributed by atoms with E-state index in [9.17, 15) is 29.9 Å². The zero-order valence-electron chi connectivity index (χ0n) is 38.5. The summed E-state index contributed by atoms with van der Waals surface area (Å²) in [7, 11) is 0. The molecule has 66 heavy (non-hydrogen) atoms. The van der Waals surface area contributed by atoms with Crippen molar-refractivity contribution in [2.75, 3.05) is 31.5 Å². The van der Waals surface area contributed by atoms with E-state index in [0.29, 0.717) is 40.8 Å². The van der Waals surface area contributed by atoms with Crippen LogP contribution in [0.1, 0.15) is 83.4 Å². The number of nitrogens with zero attached hydrogens (tertiary/aromatic N) is 4. The number of nitriles is 2. The molecule has 3 aromatic carbocycles. The predicted octanol–water partition coefficient (Wildman–Crippen LogP) is 5.42. The molecule has 3 amide bonds. The van der Waals surface area contributed by atoms with Gasteiger partial charge in [0, 0.05) is 67.3 Å². The standard InChI is InChI=1S/C50H60ClN9O6/c1-48(2,3)42(45(65)60-29-36(61)22-39(60)44(64)57-26-31-10-8-30(24-52)9-11-31)58-41(62)28-54-20-21-55-40-19-17-35(27-56-40)32-12-14-33(15-13-32)43(63)59-46-49(4,5)47(50(46,6)7)66-37-18-16-34(25-53)38(51)23-37/h8-19,23,27,36,39,42-43,46-47,54,59,61,63H,20-22,26,28-29H2,1-7H3,(H,55,56)(H,57,64)(H,58,62)/t36-,39+,42-,43?,46?,47?/m1/s1. The SMILES string of the molecule is CC1(C)C(NC(O)c2ccc(-c3ccc(NCCNCC(=O)N[C@H](C(=O)N4C[C@H](O)C[C@H]4C(=O)NCc4ccc(C#N)cc4)C(C)(C)C)nc3)cc2)C(C)(C)C1Oc1ccc(C#N)c(Cl)c1. The molecule has 15 nitrogen and oxygen atoms in total. The largest absolute Gasteiger partial charge is 0.489 e. The lowest BCUT2D eigenvalue weighted by Gasteiger charge is -2.63. The summed E-state index contributed by atoms with van der Waals surface area (Å²) in [5.74, 6) is 0.00448. The molecule has 2 aliphatic rings. The summed E-state index contributed by atoms with van der Waals surface area (Å²) in [4.78, 5) is 46.2. The van der Waals surface area contributed by atoms with Crippen LogP contribution < -0.4 is 31.3 Å². The van der Waals surface area contributed by atoms with Crippen LogP contribution >= 0.6 is 11.6 Å². The minimum absolute atomic E-state index is 0.0273. The highest BCUT2D eigenvalue weighted by Crippen LogP contribution is 2.56. The van der Waals surface area contributed by atoms with Crippen LogP contribution in [0.3, 0.4) is 0 Å². The molecule has 0 radical (unpaired) electrons. The number of hydrogen-bond donors (Lipinski definition) is 7. The van der Waals surface area contributed by atoms with Crippen molar-refractivity contribution >= 4 is 35.1 Å². The van der Waals surface area contributed by atoms with Crippen LogP contribution in [0.5, 0.6) is 5.75 Å². The van der Waals surface area contributed by atoms with E-state index < -0.39 is 41.6 Å². The summed E-state index contributed by atoms with van der Waals surface area (Å²) in [6.07, 6.45) is -0.128. The van der Waals surface area contributed by atoms with E-state index in [4.69, 9.17) is 21.6 Å². The monoisotopic (exact) mass is 917 g/mol. The molecule has 16 heteroatoms. The third-order valence-corrected chi connectivity index (χ3v) is 12.8. The molecule has 0 spiro atoms. The van der Waals surface area contributed by atoms with Gasteiger partial charge in [-0.1, -0.05) is 96.5 Å². The number of β-amino-alcohol motifs (C(OH)–C–C–N with tert-alkyl or cyclic N) is 1. The number of aliphatic hydroxyl groups is 2. The van der Waals surface area contributed by atoms with E-state index >= 15 is 0 Å². The number of halogens is 1. The second kappa shape index (κ2) is 20.6. The smallest absolute Gasteiger partial charge is 0.246 e. The van der Waals surface area contributed by atoms with Crippen molar-refractivity contribution in [1.29, 1.82) is 10.5 Å². The van der Waals surface area contributed by atoms with E-state index in [1.54, 1.807) is 48.7 Å². The average molecular weight is 919 g/mol. The Morgan fingerprint density at radius 1 is 0.939 bits per heavy atom. The van der Waals surface area contributed by atoms with Crippen LogP contribution in [0.15, 0.2) is 85.1 Å². The molecule has 4 atom stereocenters. The minimum Gasteiger partial charge on any atom is -0.489 e. The van der Waals surface area contributed by atoms with Gasteiger partial charge in [-0.15, -0.1) is 0 Å². The zero-order chi connectivity index (χ0) is 48.0. The fraction of sp³-hybridized carbons (Fsp3) is 0.440. The Labute approximate surface area is 391 Å². The maximum absolute atomic E-state index is 13.9. The number of nitrogens with one attached hydrogen (secondary N) is 5. The van der Waals surface area contributed by atoms with Gasteiger partial charge in [0.1, 0.15) is 42.1 Å². The summed E-state index contributed by atoms with van der Waals surface area (Å²) in [5.41, 5.74) is 2.87. The Morgan fingerprint density at radius 3 is 2.23 bits per heavy atom. The molecule has 2 heterocycles. The number of carbonyl (C=O) groups is 3. The molecule has 6 rings (SSSR count). The maximum atomic E-state index is 13.9. The van der Waals surface area contributed by atoms with Crippen LogP contribution in [-0.2, 0) is 20.9 Å². The first kappa shape index (κ1) is 49.4. The number of aliphatic hydroxyl groups excluding tert-OH is 2. The second-order valence-electron chi connectivity index (χ2n) is 19.3. The van der Waals surface area contributed by atoms with Crippen LogP contribution in [0.25, 0.3) is 11.1 Å². The van der Waals surface area contributed by atoms with E-state index in [2.05, 4.69) is 71.4 Å². The lowest BCUT2D eigenvalue weighted by molar-refractivity contribution is -0.179. The van der Waals surface area contributed by atoms with Crippen molar-refractivity contribution in [2.45, 2.75) is 98.0 Å². The van der Waals surface area contributed by atoms with Gasteiger partial charge in [0.15, 0.2) is 0 Å². The number of ether oxygens (including phenoxy) is 1. The molecule has 1 aliphatic heterocycles. The molecule has 1 aliphatic carbocycles. The molecule has 7 N–H and O–H groups in total. The van der Waals surface area contributed by atoms with Crippen molar-refractivity contribution in [3.63, 3.8) is 0 Å². The maximum Gasteiger partial charge on any atom is 0.246 e. The highest BCUT2D eigenvalue weighted by atomic mass is 35.5. The fourth-order valence-electron chi connectivity index (χ4n) is 9.25. The molecule has 0 bridgehead atoms. The number of benzene rings is 3. The molecule has 4 aromatic rings. The summed E-state index contributed by atoms with van der Waals surface area (Å²) in [6, 6.07) is 25.6. The number of amides is 3. The molecule has 1 saturated heterocycles. The third-order valence-electron chi connectivity index (χ3n) is 12.5. The fourth-order valence-corrected chi connectivity index (χ4v) is 9.46. The molecular formula is C50H60ClN9O6. The van der Waals surface area contributed by atoms with Gasteiger partial charge in [0.25, 0.3) is 0 Å². The first-order valence-electron chi connectivity index (χ1n) is 22.1. The number of rotatable bonds is 17. The number of aromatic nitrogens is 1. The van der Waals surface area contributed by atoms with Gasteiger partial charge in [0.2, 0.25) is 17.7 Å². The number of likely N-dealkylation sites (tertiary alicyclic amines) is 1. The van der Waals surface area contributed by atoms with Gasteiger partial charge in [-0.3, -0.25) is 19.7 Å². The van der Waals surface area contributed by atoms with E-state index in [1.165, 1.54) is 4.90 Å². The highest BCUT2D eigenvalue weighted by molar-refractivity contribution is 6.31. The molecular weight excluding hydrogens is 858 g/mol. The summed E-state index contributed by atoms with van der Waals surface area (Å²) < 4.78 is 6.39. The van der Waals surface area contributed by atoms with Gasteiger partial charge in [0.05, 0.1) is 34.9 Å². The van der Waals surface area contributed by atoms with Crippen molar-refractivity contribution in [3.05, 3.63) is 112 Å². The Kier molecular flexibility index (Phi) is 15.4. The quantitative estimate of drug-likeness (QED) is 0.0521. The van der Waals surface area contributed by atoms with Gasteiger partial charge >= 0.3 is 0 Å². The second-order valence-corrected chi connectivity index (χ2v) is 19.8. The summed E-state index contributed by atoms with van der Waals surface area (Å²) in [6.45, 7) is 14.9. The van der Waals surface area contributed by atoms with Crippen molar-refractivity contribution in [2.24, 2.45) is 16.2 Å². The lowest BCUT2D eigenvalue weighted by atomic mass is 9.49. The summed E-state index contributed by atoms with van der Waals surface area (Å²) in [5, 5.41) is 55.8. The van der Waals surface area contributed by atoms with Crippen LogP contribution in [-0.4, -0.2) is 94.3 Å². The van der Waals surface area contributed by atoms with Crippen LogP contribution in [0.4, 0.5) is 5.82 Å². The first-order chi connectivity index (χ1) is 31.2. The van der Waals surface area contributed by atoms with Gasteiger partial charge < -0.3 is 41.1 Å². The first-order valence-corrected chi connectivity index (χ1v) is 22.5. The van der Waals surface area contributed by atoms with E-state index in [-0.39, 0.29) is 54.9 Å². The number of anilines is 1. The van der Waals surface area contributed by atoms with Gasteiger partial charge in [-0.2, -0.15) is 10.5 Å². The lowest BCUT2D eigenvalue weighted by Crippen LogP contribution is -2.74. The predicted molar refractivity (Wildman–Crippen MR) is 252 cm³/mol. The molecule has 1 unspecified atom stereocenters. The van der Waals surface area contributed by atoms with Crippen molar-refractivity contribution in [3.8, 4) is 29.0 Å². The Hall–Kier alpha value is -6.07. The van der Waals surface area contributed by atoms with Crippen LogP contribution in [0.2, 0.25) is 5.02 Å². The van der Waals surface area contributed by atoms with E-state index in [1.807, 2.05) is 57.2 Å². The molecule has 1 saturated carbocycles. The number of carbonyl (C=O) groups excluding carboxylic acids is 3. The topological polar surface area (TPSA) is 225 Å². The Morgan fingerprint density at radius 2 is 1.62 bits per heavy atom. The summed E-state index contributed by atoms with van der Waals surface area (Å²) >= 11 is 6.25. The minimum atomic E-state index is -0.950. The third kappa shape index (κ3) is 11.5. The number of hydrogen-bond acceptors (Lipinski definition) is 12. The van der Waals surface area contributed by atoms with Gasteiger partial charge in [-0.25, -0.2) is 4.98 Å².